The fourth-order valence-electron chi connectivity index (χ4n) is 2.05. The van der Waals surface area contributed by atoms with E-state index in [-0.39, 0.29) is 18.0 Å². The predicted molar refractivity (Wildman–Crippen MR) is 91.6 cm³/mol. The first-order valence-corrected chi connectivity index (χ1v) is 8.02. The smallest absolute Gasteiger partial charge is 0.338 e. The molecule has 0 aromatic heterocycles. The van der Waals surface area contributed by atoms with Gasteiger partial charge in [-0.1, -0.05) is 61.8 Å². The summed E-state index contributed by atoms with van der Waals surface area (Å²) in [5.41, 5.74) is 1.54. The van der Waals surface area contributed by atoms with Crippen molar-refractivity contribution in [3.05, 3.63) is 70.7 Å². The van der Waals surface area contributed by atoms with E-state index in [4.69, 9.17) is 21.1 Å². The van der Waals surface area contributed by atoms with Gasteiger partial charge in [0.1, 0.15) is 6.10 Å². The standard InChI is InChI=1S/C19H21ClO3/c1-14(2)18(13-22-12-15-7-4-3-5-8-15)23-19(21)16-9-6-10-17(20)11-16/h3-11,14,18H,12-13H2,1-2H3. The maximum absolute atomic E-state index is 12.2. The minimum Gasteiger partial charge on any atom is -0.456 e. The summed E-state index contributed by atoms with van der Waals surface area (Å²) in [4.78, 5) is 12.2. The minimum atomic E-state index is -0.380. The van der Waals surface area contributed by atoms with Gasteiger partial charge in [-0.05, 0) is 29.7 Å². The zero-order chi connectivity index (χ0) is 16.7. The van der Waals surface area contributed by atoms with Gasteiger partial charge in [-0.3, -0.25) is 0 Å². The topological polar surface area (TPSA) is 35.5 Å². The van der Waals surface area contributed by atoms with Crippen LogP contribution in [0.3, 0.4) is 0 Å². The van der Waals surface area contributed by atoms with Gasteiger partial charge in [0, 0.05) is 5.02 Å². The Labute approximate surface area is 142 Å². The fraction of sp³-hybridized carbons (Fsp3) is 0.316. The van der Waals surface area contributed by atoms with Crippen LogP contribution in [-0.4, -0.2) is 18.7 Å². The SMILES string of the molecule is CC(C)C(COCc1ccccc1)OC(=O)c1cccc(Cl)c1. The summed E-state index contributed by atoms with van der Waals surface area (Å²) in [6.45, 7) is 4.86. The van der Waals surface area contributed by atoms with Crippen molar-refractivity contribution in [3.8, 4) is 0 Å². The van der Waals surface area contributed by atoms with E-state index in [1.54, 1.807) is 24.3 Å². The van der Waals surface area contributed by atoms with Gasteiger partial charge in [-0.2, -0.15) is 0 Å². The van der Waals surface area contributed by atoms with E-state index in [9.17, 15) is 4.79 Å². The molecule has 0 heterocycles. The molecule has 0 aliphatic rings. The maximum atomic E-state index is 12.2. The van der Waals surface area contributed by atoms with E-state index in [2.05, 4.69) is 0 Å². The molecular formula is C19H21ClO3. The molecule has 1 unspecified atom stereocenters. The van der Waals surface area contributed by atoms with E-state index in [1.165, 1.54) is 0 Å². The average Bonchev–Trinajstić information content (AvgIpc) is 2.54. The van der Waals surface area contributed by atoms with Crippen molar-refractivity contribution in [1.29, 1.82) is 0 Å². The molecule has 0 aliphatic heterocycles. The van der Waals surface area contributed by atoms with Crippen LogP contribution in [0, 0.1) is 5.92 Å². The van der Waals surface area contributed by atoms with Crippen LogP contribution in [0.25, 0.3) is 0 Å². The number of halogens is 1. The number of carbonyl (C=O) groups is 1. The molecule has 2 rings (SSSR count). The first-order chi connectivity index (χ1) is 11.1. The highest BCUT2D eigenvalue weighted by atomic mass is 35.5. The summed E-state index contributed by atoms with van der Waals surface area (Å²) in [5.74, 6) is -0.219. The zero-order valence-electron chi connectivity index (χ0n) is 13.4. The van der Waals surface area contributed by atoms with Crippen LogP contribution in [0.4, 0.5) is 0 Å². The number of hydrogen-bond donors (Lipinski definition) is 0. The third kappa shape index (κ3) is 5.70. The molecule has 0 radical (unpaired) electrons. The summed E-state index contributed by atoms with van der Waals surface area (Å²) in [6.07, 6.45) is -0.301. The lowest BCUT2D eigenvalue weighted by Gasteiger charge is -2.21. The molecule has 0 N–H and O–H groups in total. The summed E-state index contributed by atoms with van der Waals surface area (Å²) < 4.78 is 11.3. The van der Waals surface area contributed by atoms with Crippen molar-refractivity contribution in [1.82, 2.24) is 0 Å². The summed E-state index contributed by atoms with van der Waals surface area (Å²) >= 11 is 5.91. The summed E-state index contributed by atoms with van der Waals surface area (Å²) in [6, 6.07) is 16.7. The third-order valence-electron chi connectivity index (χ3n) is 3.46. The van der Waals surface area contributed by atoms with Gasteiger partial charge in [0.25, 0.3) is 0 Å². The van der Waals surface area contributed by atoms with Gasteiger partial charge >= 0.3 is 5.97 Å². The van der Waals surface area contributed by atoms with E-state index in [1.807, 2.05) is 44.2 Å². The largest absolute Gasteiger partial charge is 0.456 e. The third-order valence-corrected chi connectivity index (χ3v) is 3.69. The molecule has 0 spiro atoms. The van der Waals surface area contributed by atoms with Crippen LogP contribution < -0.4 is 0 Å². The summed E-state index contributed by atoms with van der Waals surface area (Å²) in [5, 5.41) is 0.515. The zero-order valence-corrected chi connectivity index (χ0v) is 14.1. The number of hydrogen-bond acceptors (Lipinski definition) is 3. The lowest BCUT2D eigenvalue weighted by molar-refractivity contribution is -0.0244. The van der Waals surface area contributed by atoms with E-state index < -0.39 is 0 Å². The number of esters is 1. The predicted octanol–water partition coefficient (Wildman–Crippen LogP) is 4.74. The molecule has 3 nitrogen and oxygen atoms in total. The molecule has 122 valence electrons. The van der Waals surface area contributed by atoms with Crippen molar-refractivity contribution in [2.24, 2.45) is 5.92 Å². The normalized spacial score (nSPS) is 12.2. The Balaban J connectivity index is 1.89. The van der Waals surface area contributed by atoms with Crippen molar-refractivity contribution in [3.63, 3.8) is 0 Å². The Bertz CT molecular complexity index is 626. The molecule has 0 fully saturated rings. The number of carbonyl (C=O) groups excluding carboxylic acids is 1. The Morgan fingerprint density at radius 3 is 2.48 bits per heavy atom. The Hall–Kier alpha value is -1.84. The molecule has 0 aliphatic carbocycles. The van der Waals surface area contributed by atoms with E-state index >= 15 is 0 Å². The van der Waals surface area contributed by atoms with Crippen molar-refractivity contribution < 1.29 is 14.3 Å². The second kappa shape index (κ2) is 8.70. The fourth-order valence-corrected chi connectivity index (χ4v) is 2.24. The van der Waals surface area contributed by atoms with Gasteiger partial charge in [0.15, 0.2) is 0 Å². The van der Waals surface area contributed by atoms with E-state index in [0.29, 0.717) is 23.8 Å². The van der Waals surface area contributed by atoms with Gasteiger partial charge in [-0.25, -0.2) is 4.79 Å². The lowest BCUT2D eigenvalue weighted by Crippen LogP contribution is -2.28. The van der Waals surface area contributed by atoms with Crippen molar-refractivity contribution in [2.45, 2.75) is 26.6 Å². The van der Waals surface area contributed by atoms with E-state index in [0.717, 1.165) is 5.56 Å². The Morgan fingerprint density at radius 1 is 1.09 bits per heavy atom. The molecule has 2 aromatic rings. The van der Waals surface area contributed by atoms with Crippen LogP contribution in [0.2, 0.25) is 5.02 Å². The van der Waals surface area contributed by atoms with Gasteiger partial charge in [0.05, 0.1) is 18.8 Å². The van der Waals surface area contributed by atoms with Gasteiger partial charge in [-0.15, -0.1) is 0 Å². The molecule has 0 bridgehead atoms. The highest BCUT2D eigenvalue weighted by Gasteiger charge is 2.20. The first-order valence-electron chi connectivity index (χ1n) is 7.64. The highest BCUT2D eigenvalue weighted by molar-refractivity contribution is 6.30. The molecule has 1 atom stereocenters. The van der Waals surface area contributed by atoms with Crippen LogP contribution in [0.15, 0.2) is 54.6 Å². The number of ether oxygens (including phenoxy) is 2. The molecular weight excluding hydrogens is 312 g/mol. The molecule has 2 aromatic carbocycles. The minimum absolute atomic E-state index is 0.161. The average molecular weight is 333 g/mol. The second-order valence-corrected chi connectivity index (χ2v) is 6.14. The molecule has 0 amide bonds. The molecule has 4 heteroatoms. The highest BCUT2D eigenvalue weighted by Crippen LogP contribution is 2.15. The summed E-state index contributed by atoms with van der Waals surface area (Å²) in [7, 11) is 0. The monoisotopic (exact) mass is 332 g/mol. The van der Waals surface area contributed by atoms with Gasteiger partial charge < -0.3 is 9.47 Å². The molecule has 0 saturated heterocycles. The molecule has 0 saturated carbocycles. The maximum Gasteiger partial charge on any atom is 0.338 e. The quantitative estimate of drug-likeness (QED) is 0.687. The lowest BCUT2D eigenvalue weighted by atomic mass is 10.1. The number of benzene rings is 2. The number of rotatable bonds is 7. The Kier molecular flexibility index (Phi) is 6.63. The first kappa shape index (κ1) is 17.5. The van der Waals surface area contributed by atoms with Crippen LogP contribution >= 0.6 is 11.6 Å². The van der Waals surface area contributed by atoms with Crippen LogP contribution in [0.5, 0.6) is 0 Å². The van der Waals surface area contributed by atoms with Crippen molar-refractivity contribution in [2.75, 3.05) is 6.61 Å². The second-order valence-electron chi connectivity index (χ2n) is 5.70. The molecule has 23 heavy (non-hydrogen) atoms. The van der Waals surface area contributed by atoms with Crippen LogP contribution in [-0.2, 0) is 16.1 Å². The Morgan fingerprint density at radius 2 is 1.83 bits per heavy atom. The van der Waals surface area contributed by atoms with Gasteiger partial charge in [0.2, 0.25) is 0 Å². The van der Waals surface area contributed by atoms with Crippen LogP contribution in [0.1, 0.15) is 29.8 Å². The van der Waals surface area contributed by atoms with Crippen molar-refractivity contribution >= 4 is 17.6 Å².